The van der Waals surface area contributed by atoms with Gasteiger partial charge in [0.05, 0.1) is 0 Å². The van der Waals surface area contributed by atoms with Gasteiger partial charge >= 0.3 is 0 Å². The van der Waals surface area contributed by atoms with Gasteiger partial charge in [-0.2, -0.15) is 9.50 Å². The second-order valence-electron chi connectivity index (χ2n) is 6.69. The first kappa shape index (κ1) is 18.3. The molecule has 30 heavy (non-hydrogen) atoms. The van der Waals surface area contributed by atoms with Crippen LogP contribution in [0.4, 0.5) is 0 Å². The summed E-state index contributed by atoms with van der Waals surface area (Å²) in [4.78, 5) is 4.32. The van der Waals surface area contributed by atoms with Crippen molar-refractivity contribution in [2.75, 3.05) is 0 Å². The third kappa shape index (κ3) is 3.27. The van der Waals surface area contributed by atoms with Gasteiger partial charge in [0.25, 0.3) is 0 Å². The molecule has 0 unspecified atom stereocenters. The van der Waals surface area contributed by atoms with Gasteiger partial charge in [-0.1, -0.05) is 35.5 Å². The highest BCUT2D eigenvalue weighted by Gasteiger charge is 2.16. The van der Waals surface area contributed by atoms with Gasteiger partial charge in [0.2, 0.25) is 22.9 Å². The molecule has 5 aromatic rings. The first-order valence-corrected chi connectivity index (χ1v) is 9.53. The molecule has 0 aliphatic rings. The van der Waals surface area contributed by atoms with Crippen LogP contribution in [0.1, 0.15) is 11.5 Å². The van der Waals surface area contributed by atoms with Crippen LogP contribution < -0.4 is 4.74 Å². The summed E-state index contributed by atoms with van der Waals surface area (Å²) >= 11 is 6.07. The summed E-state index contributed by atoms with van der Waals surface area (Å²) < 4.78 is 12.8. The predicted octanol–water partition coefficient (Wildman–Crippen LogP) is 4.90. The number of hydrogen-bond acceptors (Lipinski definition) is 7. The van der Waals surface area contributed by atoms with Crippen LogP contribution in [0.15, 0.2) is 59.1 Å². The molecule has 0 amide bonds. The summed E-state index contributed by atoms with van der Waals surface area (Å²) in [7, 11) is 0. The van der Waals surface area contributed by atoms with Crippen LogP contribution in [0.5, 0.6) is 11.6 Å². The van der Waals surface area contributed by atoms with Gasteiger partial charge in [-0.05, 0) is 48.4 Å². The number of fused-ring (bicyclic) bond motifs is 1. The quantitative estimate of drug-likeness (QED) is 0.409. The minimum Gasteiger partial charge on any atom is -0.437 e. The fraction of sp³-hybridized carbons (Fsp3) is 0.0952. The normalized spacial score (nSPS) is 11.2. The van der Waals surface area contributed by atoms with Crippen molar-refractivity contribution in [3.63, 3.8) is 0 Å². The third-order valence-electron chi connectivity index (χ3n) is 4.56. The summed E-state index contributed by atoms with van der Waals surface area (Å²) in [6.45, 7) is 3.65. The maximum Gasteiger partial charge on any atom is 0.246 e. The van der Waals surface area contributed by atoms with Gasteiger partial charge in [-0.15, -0.1) is 15.3 Å². The Morgan fingerprint density at radius 1 is 0.967 bits per heavy atom. The van der Waals surface area contributed by atoms with Crippen molar-refractivity contribution in [3.05, 3.63) is 71.3 Å². The van der Waals surface area contributed by atoms with Crippen LogP contribution in [-0.4, -0.2) is 30.0 Å². The van der Waals surface area contributed by atoms with Crippen molar-refractivity contribution >= 4 is 17.2 Å². The number of hydrogen-bond donors (Lipinski definition) is 0. The van der Waals surface area contributed by atoms with Crippen molar-refractivity contribution < 1.29 is 9.26 Å². The van der Waals surface area contributed by atoms with Crippen molar-refractivity contribution in [3.8, 4) is 34.1 Å². The fourth-order valence-corrected chi connectivity index (χ4v) is 3.26. The maximum absolute atomic E-state index is 6.21. The van der Waals surface area contributed by atoms with Gasteiger partial charge in [0, 0.05) is 23.6 Å². The molecule has 9 heteroatoms. The smallest absolute Gasteiger partial charge is 0.246 e. The van der Waals surface area contributed by atoms with Gasteiger partial charge in [-0.25, -0.2) is 0 Å². The van der Waals surface area contributed by atoms with E-state index in [1.165, 1.54) is 4.52 Å². The van der Waals surface area contributed by atoms with Gasteiger partial charge < -0.3 is 9.26 Å². The molecule has 0 N–H and O–H groups in total. The van der Waals surface area contributed by atoms with E-state index in [9.17, 15) is 0 Å². The Balaban J connectivity index is 1.62. The summed E-state index contributed by atoms with van der Waals surface area (Å²) in [5.74, 6) is 2.06. The van der Waals surface area contributed by atoms with Crippen LogP contribution in [0.2, 0.25) is 5.28 Å². The SMILES string of the molecule is Cc1nc(-c2ccc(Oc3nn4c(Cl)nnc4cc3C)c(-c3ccccc3)c2)no1. The molecule has 3 heterocycles. The number of aromatic nitrogens is 6. The van der Waals surface area contributed by atoms with Crippen molar-refractivity contribution in [2.45, 2.75) is 13.8 Å². The van der Waals surface area contributed by atoms with E-state index < -0.39 is 0 Å². The first-order chi connectivity index (χ1) is 14.6. The van der Waals surface area contributed by atoms with E-state index >= 15 is 0 Å². The molecular formula is C21H15ClN6O2. The van der Waals surface area contributed by atoms with E-state index in [1.807, 2.05) is 61.5 Å². The Kier molecular flexibility index (Phi) is 4.40. The largest absolute Gasteiger partial charge is 0.437 e. The van der Waals surface area contributed by atoms with Crippen molar-refractivity contribution in [1.82, 2.24) is 30.0 Å². The van der Waals surface area contributed by atoms with Crippen LogP contribution in [0, 0.1) is 13.8 Å². The molecule has 0 spiro atoms. The monoisotopic (exact) mass is 418 g/mol. The second kappa shape index (κ2) is 7.23. The average molecular weight is 419 g/mol. The van der Waals surface area contributed by atoms with E-state index in [2.05, 4.69) is 25.4 Å². The molecule has 0 fully saturated rings. The molecule has 8 nitrogen and oxygen atoms in total. The molecular weight excluding hydrogens is 404 g/mol. The highest BCUT2D eigenvalue weighted by Crippen LogP contribution is 2.36. The molecule has 0 aliphatic carbocycles. The molecule has 0 radical (unpaired) electrons. The minimum absolute atomic E-state index is 0.168. The molecule has 3 aromatic heterocycles. The van der Waals surface area contributed by atoms with Crippen LogP contribution in [-0.2, 0) is 0 Å². The second-order valence-corrected chi connectivity index (χ2v) is 7.03. The molecule has 2 aromatic carbocycles. The zero-order chi connectivity index (χ0) is 20.7. The summed E-state index contributed by atoms with van der Waals surface area (Å²) in [5.41, 5.74) is 4.03. The van der Waals surface area contributed by atoms with E-state index in [1.54, 1.807) is 6.92 Å². The lowest BCUT2D eigenvalue weighted by Gasteiger charge is -2.13. The predicted molar refractivity (Wildman–Crippen MR) is 111 cm³/mol. The zero-order valence-electron chi connectivity index (χ0n) is 16.1. The third-order valence-corrected chi connectivity index (χ3v) is 4.79. The Hall–Kier alpha value is -3.78. The Morgan fingerprint density at radius 3 is 2.57 bits per heavy atom. The Labute approximate surface area is 176 Å². The number of nitrogens with zero attached hydrogens (tertiary/aromatic N) is 6. The summed E-state index contributed by atoms with van der Waals surface area (Å²) in [5, 5.41) is 16.4. The van der Waals surface area contributed by atoms with E-state index in [-0.39, 0.29) is 5.28 Å². The van der Waals surface area contributed by atoms with Crippen molar-refractivity contribution in [2.24, 2.45) is 0 Å². The fourth-order valence-electron chi connectivity index (χ4n) is 3.10. The minimum atomic E-state index is 0.168. The lowest BCUT2D eigenvalue weighted by atomic mass is 10.0. The van der Waals surface area contributed by atoms with Gasteiger partial charge in [0.15, 0.2) is 5.65 Å². The van der Waals surface area contributed by atoms with E-state index in [4.69, 9.17) is 20.9 Å². The zero-order valence-corrected chi connectivity index (χ0v) is 16.8. The molecule has 0 bridgehead atoms. The number of benzene rings is 2. The number of rotatable bonds is 4. The van der Waals surface area contributed by atoms with Crippen LogP contribution >= 0.6 is 11.6 Å². The van der Waals surface area contributed by atoms with Crippen LogP contribution in [0.25, 0.3) is 28.2 Å². The lowest BCUT2D eigenvalue weighted by Crippen LogP contribution is -2.00. The molecule has 0 saturated heterocycles. The standard InChI is InChI=1S/C21H15ClN6O2/c1-12-10-18-24-25-21(22)28(18)26-20(12)29-17-9-8-15(19-23-13(2)30-27-19)11-16(17)14-6-4-3-5-7-14/h3-11H,1-2H3. The van der Waals surface area contributed by atoms with Crippen LogP contribution in [0.3, 0.4) is 0 Å². The van der Waals surface area contributed by atoms with Gasteiger partial charge in [0.1, 0.15) is 5.75 Å². The van der Waals surface area contributed by atoms with E-state index in [0.717, 1.165) is 22.3 Å². The Morgan fingerprint density at radius 2 is 1.80 bits per heavy atom. The molecule has 0 atom stereocenters. The topological polar surface area (TPSA) is 91.2 Å². The van der Waals surface area contributed by atoms with Crippen molar-refractivity contribution in [1.29, 1.82) is 0 Å². The molecule has 0 saturated carbocycles. The molecule has 0 aliphatic heterocycles. The lowest BCUT2D eigenvalue weighted by molar-refractivity contribution is 0.394. The number of aryl methyl sites for hydroxylation is 2. The average Bonchev–Trinajstić information content (AvgIpc) is 3.35. The maximum atomic E-state index is 6.21. The highest BCUT2D eigenvalue weighted by molar-refractivity contribution is 6.28. The molecule has 148 valence electrons. The highest BCUT2D eigenvalue weighted by atomic mass is 35.5. The first-order valence-electron chi connectivity index (χ1n) is 9.15. The van der Waals surface area contributed by atoms with E-state index in [0.29, 0.717) is 29.0 Å². The number of halogens is 1. The summed E-state index contributed by atoms with van der Waals surface area (Å²) in [6, 6.07) is 17.4. The van der Waals surface area contributed by atoms with Gasteiger partial charge in [-0.3, -0.25) is 0 Å². The Bertz CT molecular complexity index is 1360. The summed E-state index contributed by atoms with van der Waals surface area (Å²) in [6.07, 6.45) is 0. The number of ether oxygens (including phenoxy) is 1. The molecule has 5 rings (SSSR count).